The quantitative estimate of drug-likeness (QED) is 0.757. The minimum Gasteiger partial charge on any atom is -0.497 e. The van der Waals surface area contributed by atoms with Crippen LogP contribution in [0.5, 0.6) is 5.75 Å². The van der Waals surface area contributed by atoms with E-state index in [-0.39, 0.29) is 5.91 Å². The fourth-order valence-corrected chi connectivity index (χ4v) is 2.79. The molecule has 0 aliphatic carbocycles. The van der Waals surface area contributed by atoms with Crippen molar-refractivity contribution in [3.8, 4) is 22.9 Å². The number of hydrogen-bond acceptors (Lipinski definition) is 3. The Hall–Kier alpha value is -3.58. The molecule has 0 spiro atoms. The molecule has 1 amide bonds. The van der Waals surface area contributed by atoms with Crippen LogP contribution in [0.2, 0.25) is 0 Å². The number of amides is 1. The molecule has 3 aromatic rings. The molecule has 26 heavy (non-hydrogen) atoms. The van der Waals surface area contributed by atoms with E-state index in [0.717, 1.165) is 22.4 Å². The average molecular weight is 342 g/mol. The number of hydrogen-bond donors (Lipinski definition) is 1. The van der Waals surface area contributed by atoms with Crippen LogP contribution in [0, 0.1) is 11.3 Å². The minimum absolute atomic E-state index is 0.184. The second-order valence-corrected chi connectivity index (χ2v) is 5.74. The Morgan fingerprint density at radius 2 is 1.73 bits per heavy atom. The van der Waals surface area contributed by atoms with Crippen molar-refractivity contribution < 1.29 is 9.53 Å². The van der Waals surface area contributed by atoms with Gasteiger partial charge in [-0.2, -0.15) is 5.26 Å². The van der Waals surface area contributed by atoms with Crippen LogP contribution < -0.4 is 10.1 Å². The highest BCUT2D eigenvalue weighted by Gasteiger charge is 2.14. The number of carbonyl (C=O) groups excluding carboxylic acids is 1. The van der Waals surface area contributed by atoms with E-state index in [2.05, 4.69) is 11.4 Å². The van der Waals surface area contributed by atoms with Gasteiger partial charge in [-0.1, -0.05) is 48.5 Å². The monoisotopic (exact) mass is 342 g/mol. The molecule has 4 heteroatoms. The van der Waals surface area contributed by atoms with Gasteiger partial charge in [-0.25, -0.2) is 0 Å². The lowest BCUT2D eigenvalue weighted by molar-refractivity contribution is 0.0951. The van der Waals surface area contributed by atoms with Crippen LogP contribution in [0.25, 0.3) is 11.1 Å². The third-order valence-electron chi connectivity index (χ3n) is 4.10. The van der Waals surface area contributed by atoms with Gasteiger partial charge in [0, 0.05) is 17.7 Å². The number of benzene rings is 3. The Morgan fingerprint density at radius 3 is 2.50 bits per heavy atom. The molecule has 1 N–H and O–H groups in total. The number of ether oxygens (including phenoxy) is 1. The second kappa shape index (κ2) is 8.00. The molecule has 0 fully saturated rings. The number of nitrogens with one attached hydrogen (secondary N) is 1. The first kappa shape index (κ1) is 17.2. The van der Waals surface area contributed by atoms with E-state index in [1.54, 1.807) is 19.2 Å². The van der Waals surface area contributed by atoms with Crippen LogP contribution in [0.3, 0.4) is 0 Å². The van der Waals surface area contributed by atoms with Crippen molar-refractivity contribution in [2.45, 2.75) is 6.54 Å². The zero-order chi connectivity index (χ0) is 18.4. The highest BCUT2D eigenvalue weighted by molar-refractivity contribution is 6.01. The summed E-state index contributed by atoms with van der Waals surface area (Å²) in [5.41, 5.74) is 3.53. The van der Waals surface area contributed by atoms with E-state index in [4.69, 9.17) is 4.74 Å². The summed E-state index contributed by atoms with van der Waals surface area (Å²) in [5.74, 6) is 0.566. The largest absolute Gasteiger partial charge is 0.497 e. The molecule has 0 radical (unpaired) electrons. The summed E-state index contributed by atoms with van der Waals surface area (Å²) in [6, 6.07) is 24.3. The van der Waals surface area contributed by atoms with Gasteiger partial charge in [-0.15, -0.1) is 0 Å². The van der Waals surface area contributed by atoms with Crippen molar-refractivity contribution in [2.75, 3.05) is 7.11 Å². The molecule has 4 nitrogen and oxygen atoms in total. The van der Waals surface area contributed by atoms with Gasteiger partial charge >= 0.3 is 0 Å². The SMILES string of the molecule is COc1cccc(CNC(=O)c2ccccc2-c2ccccc2C#N)c1. The molecular weight excluding hydrogens is 324 g/mol. The Labute approximate surface area is 152 Å². The predicted octanol–water partition coefficient (Wildman–Crippen LogP) is 4.16. The second-order valence-electron chi connectivity index (χ2n) is 5.74. The summed E-state index contributed by atoms with van der Waals surface area (Å²) >= 11 is 0. The van der Waals surface area contributed by atoms with E-state index >= 15 is 0 Å². The molecule has 0 unspecified atom stereocenters. The lowest BCUT2D eigenvalue weighted by Gasteiger charge is -2.12. The van der Waals surface area contributed by atoms with Crippen molar-refractivity contribution in [3.05, 3.63) is 89.5 Å². The molecule has 0 atom stereocenters. The number of methoxy groups -OCH3 is 1. The van der Waals surface area contributed by atoms with Crippen molar-refractivity contribution in [3.63, 3.8) is 0 Å². The van der Waals surface area contributed by atoms with Gasteiger partial charge in [0.1, 0.15) is 5.75 Å². The standard InChI is InChI=1S/C22H18N2O2/c1-26-18-9-6-7-16(13-18)15-24-22(25)21-12-5-4-11-20(21)19-10-3-2-8-17(19)14-23/h2-13H,15H2,1H3,(H,24,25). The molecule has 3 rings (SSSR count). The Kier molecular flexibility index (Phi) is 5.31. The molecule has 0 aliphatic heterocycles. The van der Waals surface area contributed by atoms with Crippen molar-refractivity contribution in [1.82, 2.24) is 5.32 Å². The lowest BCUT2D eigenvalue weighted by Crippen LogP contribution is -2.23. The molecular formula is C22H18N2O2. The van der Waals surface area contributed by atoms with Gasteiger partial charge in [0.15, 0.2) is 0 Å². The van der Waals surface area contributed by atoms with Crippen LogP contribution in [0.1, 0.15) is 21.5 Å². The maximum absolute atomic E-state index is 12.7. The Bertz CT molecular complexity index is 974. The number of nitriles is 1. The van der Waals surface area contributed by atoms with Crippen molar-refractivity contribution in [2.24, 2.45) is 0 Å². The minimum atomic E-state index is -0.184. The fraction of sp³-hybridized carbons (Fsp3) is 0.0909. The average Bonchev–Trinajstić information content (AvgIpc) is 2.72. The Morgan fingerprint density at radius 1 is 1.00 bits per heavy atom. The molecule has 0 aromatic heterocycles. The summed E-state index contributed by atoms with van der Waals surface area (Å²) in [7, 11) is 1.61. The van der Waals surface area contributed by atoms with Gasteiger partial charge in [0.2, 0.25) is 0 Å². The van der Waals surface area contributed by atoms with Crippen LogP contribution in [0.15, 0.2) is 72.8 Å². The number of carbonyl (C=O) groups is 1. The van der Waals surface area contributed by atoms with Crippen LogP contribution in [0.4, 0.5) is 0 Å². The molecule has 0 bridgehead atoms. The first-order valence-corrected chi connectivity index (χ1v) is 8.22. The van der Waals surface area contributed by atoms with E-state index < -0.39 is 0 Å². The third kappa shape index (κ3) is 3.73. The topological polar surface area (TPSA) is 62.1 Å². The van der Waals surface area contributed by atoms with E-state index in [0.29, 0.717) is 17.7 Å². The maximum Gasteiger partial charge on any atom is 0.252 e. The molecule has 0 saturated carbocycles. The smallest absolute Gasteiger partial charge is 0.252 e. The lowest BCUT2D eigenvalue weighted by atomic mass is 9.95. The summed E-state index contributed by atoms with van der Waals surface area (Å²) in [6.07, 6.45) is 0. The zero-order valence-electron chi connectivity index (χ0n) is 14.4. The van der Waals surface area contributed by atoms with E-state index in [9.17, 15) is 10.1 Å². The molecule has 3 aromatic carbocycles. The zero-order valence-corrected chi connectivity index (χ0v) is 14.4. The molecule has 128 valence electrons. The van der Waals surface area contributed by atoms with E-state index in [1.807, 2.05) is 60.7 Å². The van der Waals surface area contributed by atoms with Crippen LogP contribution in [-0.2, 0) is 6.54 Å². The highest BCUT2D eigenvalue weighted by Crippen LogP contribution is 2.27. The first-order valence-electron chi connectivity index (χ1n) is 8.22. The normalized spacial score (nSPS) is 10.0. The highest BCUT2D eigenvalue weighted by atomic mass is 16.5. The molecule has 0 saturated heterocycles. The van der Waals surface area contributed by atoms with Crippen LogP contribution in [-0.4, -0.2) is 13.0 Å². The van der Waals surface area contributed by atoms with Crippen LogP contribution >= 0.6 is 0 Å². The summed E-state index contributed by atoms with van der Waals surface area (Å²) in [4.78, 5) is 12.7. The van der Waals surface area contributed by atoms with Gasteiger partial charge < -0.3 is 10.1 Å². The molecule has 0 aliphatic rings. The van der Waals surface area contributed by atoms with Gasteiger partial charge in [0.25, 0.3) is 5.91 Å². The van der Waals surface area contributed by atoms with Gasteiger partial charge in [-0.05, 0) is 35.4 Å². The maximum atomic E-state index is 12.7. The van der Waals surface area contributed by atoms with Gasteiger partial charge in [0.05, 0.1) is 18.7 Å². The number of rotatable bonds is 5. The fourth-order valence-electron chi connectivity index (χ4n) is 2.79. The Balaban J connectivity index is 1.85. The van der Waals surface area contributed by atoms with Crippen molar-refractivity contribution >= 4 is 5.91 Å². The summed E-state index contributed by atoms with van der Waals surface area (Å²) in [6.45, 7) is 0.393. The number of nitrogens with zero attached hydrogens (tertiary/aromatic N) is 1. The van der Waals surface area contributed by atoms with Crippen molar-refractivity contribution in [1.29, 1.82) is 5.26 Å². The summed E-state index contributed by atoms with van der Waals surface area (Å²) < 4.78 is 5.21. The predicted molar refractivity (Wildman–Crippen MR) is 101 cm³/mol. The van der Waals surface area contributed by atoms with Gasteiger partial charge in [-0.3, -0.25) is 4.79 Å². The third-order valence-corrected chi connectivity index (χ3v) is 4.10. The van der Waals surface area contributed by atoms with E-state index in [1.165, 1.54) is 0 Å². The molecule has 0 heterocycles. The first-order chi connectivity index (χ1) is 12.7. The summed E-state index contributed by atoms with van der Waals surface area (Å²) in [5, 5.41) is 12.3.